The van der Waals surface area contributed by atoms with Crippen LogP contribution in [0.1, 0.15) is 12.5 Å². The quantitative estimate of drug-likeness (QED) is 0.648. The fraction of sp³-hybridized carbons (Fsp3) is 0.571. The molecule has 1 rings (SSSR count). The van der Waals surface area contributed by atoms with Crippen molar-refractivity contribution in [1.29, 1.82) is 0 Å². The lowest BCUT2D eigenvalue weighted by atomic mass is 10.3. The zero-order valence-corrected chi connectivity index (χ0v) is 6.14. The SMILES string of the molecule is CCc1[c]nn(CC(F)F)[c]1. The van der Waals surface area contributed by atoms with E-state index in [1.165, 1.54) is 0 Å². The zero-order valence-electron chi connectivity index (χ0n) is 6.14. The highest BCUT2D eigenvalue weighted by Gasteiger charge is 2.05. The van der Waals surface area contributed by atoms with Gasteiger partial charge < -0.3 is 0 Å². The van der Waals surface area contributed by atoms with Crippen molar-refractivity contribution in [1.82, 2.24) is 9.78 Å². The van der Waals surface area contributed by atoms with Crippen molar-refractivity contribution in [3.63, 3.8) is 0 Å². The molecule has 11 heavy (non-hydrogen) atoms. The van der Waals surface area contributed by atoms with Crippen molar-refractivity contribution < 1.29 is 8.78 Å². The average molecular weight is 158 g/mol. The van der Waals surface area contributed by atoms with Crippen molar-refractivity contribution in [3.8, 4) is 0 Å². The lowest BCUT2D eigenvalue weighted by Crippen LogP contribution is -2.06. The van der Waals surface area contributed by atoms with Gasteiger partial charge in [-0.2, -0.15) is 5.10 Å². The van der Waals surface area contributed by atoms with Crippen molar-refractivity contribution in [3.05, 3.63) is 18.0 Å². The van der Waals surface area contributed by atoms with Crippen LogP contribution in [-0.4, -0.2) is 16.2 Å². The lowest BCUT2D eigenvalue weighted by molar-refractivity contribution is 0.121. The Balaban J connectivity index is 2.58. The Hall–Kier alpha value is -0.930. The fourth-order valence-corrected chi connectivity index (χ4v) is 0.702. The van der Waals surface area contributed by atoms with Crippen molar-refractivity contribution in [2.24, 2.45) is 0 Å². The van der Waals surface area contributed by atoms with E-state index in [-0.39, 0.29) is 0 Å². The number of hydrogen-bond acceptors (Lipinski definition) is 1. The maximum Gasteiger partial charge on any atom is 0.257 e. The number of hydrogen-bond donors (Lipinski definition) is 0. The van der Waals surface area contributed by atoms with E-state index in [1.54, 1.807) is 0 Å². The van der Waals surface area contributed by atoms with Gasteiger partial charge in [0.25, 0.3) is 6.43 Å². The van der Waals surface area contributed by atoms with Gasteiger partial charge in [-0.25, -0.2) is 8.78 Å². The molecule has 1 aromatic heterocycles. The Labute approximate surface area is 63.8 Å². The van der Waals surface area contributed by atoms with Gasteiger partial charge in [-0.1, -0.05) is 6.92 Å². The smallest absolute Gasteiger partial charge is 0.257 e. The molecule has 0 unspecified atom stereocenters. The van der Waals surface area contributed by atoms with Crippen molar-refractivity contribution >= 4 is 0 Å². The van der Waals surface area contributed by atoms with Crippen molar-refractivity contribution in [2.45, 2.75) is 26.3 Å². The molecule has 1 heterocycles. The first kappa shape index (κ1) is 8.17. The van der Waals surface area contributed by atoms with E-state index in [2.05, 4.69) is 17.5 Å². The molecule has 0 aliphatic carbocycles. The van der Waals surface area contributed by atoms with Gasteiger partial charge in [0.05, 0.1) is 6.20 Å². The molecule has 4 heteroatoms. The molecule has 0 amide bonds. The minimum atomic E-state index is -2.37. The first-order valence-corrected chi connectivity index (χ1v) is 3.37. The van der Waals surface area contributed by atoms with Gasteiger partial charge in [0.1, 0.15) is 12.7 Å². The van der Waals surface area contributed by atoms with Crippen LogP contribution in [-0.2, 0) is 13.0 Å². The Bertz CT molecular complexity index is 220. The minimum Gasteiger partial charge on any atom is -0.257 e. The van der Waals surface area contributed by atoms with Crippen molar-refractivity contribution in [2.75, 3.05) is 0 Å². The van der Waals surface area contributed by atoms with Crippen LogP contribution >= 0.6 is 0 Å². The van der Waals surface area contributed by atoms with Crippen LogP contribution < -0.4 is 0 Å². The molecule has 0 aliphatic rings. The molecule has 0 fully saturated rings. The molecular formula is C7H8F2N2. The maximum absolute atomic E-state index is 11.7. The molecule has 1 aromatic rings. The molecule has 0 saturated heterocycles. The summed E-state index contributed by atoms with van der Waals surface area (Å²) in [6, 6.07) is 0. The average Bonchev–Trinajstić information content (AvgIpc) is 2.34. The standard InChI is InChI=1S/C7H8F2N2/c1-2-6-3-10-11(4-6)5-7(8)9/h7H,2,5H2,1H3. The summed E-state index contributed by atoms with van der Waals surface area (Å²) in [4.78, 5) is 0. The van der Waals surface area contributed by atoms with Crippen LogP contribution in [0.4, 0.5) is 8.78 Å². The molecule has 0 atom stereocenters. The number of rotatable bonds is 3. The van der Waals surface area contributed by atoms with E-state index >= 15 is 0 Å². The molecule has 0 bridgehead atoms. The van der Waals surface area contributed by atoms with E-state index in [0.29, 0.717) is 0 Å². The van der Waals surface area contributed by atoms with Gasteiger partial charge in [-0.05, 0) is 6.42 Å². The number of alkyl halides is 2. The number of nitrogens with zero attached hydrogens (tertiary/aromatic N) is 2. The number of aryl methyl sites for hydroxylation is 1. The second-order valence-corrected chi connectivity index (χ2v) is 2.13. The monoisotopic (exact) mass is 158 g/mol. The van der Waals surface area contributed by atoms with Crippen LogP contribution in [0.2, 0.25) is 0 Å². The van der Waals surface area contributed by atoms with E-state index < -0.39 is 13.0 Å². The molecule has 0 N–H and O–H groups in total. The van der Waals surface area contributed by atoms with Gasteiger partial charge in [0.2, 0.25) is 0 Å². The van der Waals surface area contributed by atoms with Crippen LogP contribution in [0.15, 0.2) is 0 Å². The van der Waals surface area contributed by atoms with Gasteiger partial charge in [-0.3, -0.25) is 4.68 Å². The fourth-order valence-electron chi connectivity index (χ4n) is 0.702. The predicted octanol–water partition coefficient (Wildman–Crippen LogP) is 1.31. The molecule has 0 aromatic carbocycles. The third-order valence-electron chi connectivity index (χ3n) is 1.23. The number of halogens is 2. The summed E-state index contributed by atoms with van der Waals surface area (Å²) in [5.74, 6) is 0. The number of aromatic nitrogens is 2. The molecule has 0 saturated carbocycles. The van der Waals surface area contributed by atoms with Gasteiger partial charge in [0, 0.05) is 5.56 Å². The second-order valence-electron chi connectivity index (χ2n) is 2.13. The molecule has 2 nitrogen and oxygen atoms in total. The molecular weight excluding hydrogens is 150 g/mol. The highest BCUT2D eigenvalue weighted by molar-refractivity contribution is 4.98. The predicted molar refractivity (Wildman–Crippen MR) is 35.3 cm³/mol. The van der Waals surface area contributed by atoms with Crippen LogP contribution in [0, 0.1) is 12.4 Å². The van der Waals surface area contributed by atoms with Crippen LogP contribution in [0.5, 0.6) is 0 Å². The van der Waals surface area contributed by atoms with E-state index in [9.17, 15) is 8.78 Å². The second kappa shape index (κ2) is 3.46. The third kappa shape index (κ3) is 2.29. The lowest BCUT2D eigenvalue weighted by Gasteiger charge is -1.96. The van der Waals surface area contributed by atoms with Crippen LogP contribution in [0.25, 0.3) is 0 Å². The highest BCUT2D eigenvalue weighted by Crippen LogP contribution is 2.00. The zero-order chi connectivity index (χ0) is 8.27. The summed E-state index contributed by atoms with van der Waals surface area (Å²) in [5, 5.41) is 3.58. The summed E-state index contributed by atoms with van der Waals surface area (Å²) >= 11 is 0. The first-order chi connectivity index (χ1) is 5.22. The summed E-state index contributed by atoms with van der Waals surface area (Å²) in [6.45, 7) is 1.51. The topological polar surface area (TPSA) is 17.8 Å². The Morgan fingerprint density at radius 2 is 2.36 bits per heavy atom. The molecule has 0 spiro atoms. The molecule has 60 valence electrons. The van der Waals surface area contributed by atoms with Gasteiger partial charge in [0.15, 0.2) is 0 Å². The summed E-state index contributed by atoms with van der Waals surface area (Å²) in [6.07, 6.45) is 3.60. The van der Waals surface area contributed by atoms with Gasteiger partial charge >= 0.3 is 0 Å². The van der Waals surface area contributed by atoms with Gasteiger partial charge in [-0.15, -0.1) is 0 Å². The Kier molecular flexibility index (Phi) is 2.57. The van der Waals surface area contributed by atoms with E-state index in [4.69, 9.17) is 0 Å². The molecule has 0 aliphatic heterocycles. The third-order valence-corrected chi connectivity index (χ3v) is 1.23. The summed E-state index contributed by atoms with van der Waals surface area (Å²) in [7, 11) is 0. The molecule has 2 radical (unpaired) electrons. The first-order valence-electron chi connectivity index (χ1n) is 3.37. The highest BCUT2D eigenvalue weighted by atomic mass is 19.3. The Morgan fingerprint density at radius 3 is 2.82 bits per heavy atom. The minimum absolute atomic E-state index is 0.392. The van der Waals surface area contributed by atoms with E-state index in [1.807, 2.05) is 6.92 Å². The van der Waals surface area contributed by atoms with E-state index in [0.717, 1.165) is 16.7 Å². The summed E-state index contributed by atoms with van der Waals surface area (Å²) in [5.41, 5.74) is 0.741. The van der Waals surface area contributed by atoms with Crippen LogP contribution in [0.3, 0.4) is 0 Å². The normalized spacial score (nSPS) is 10.9. The Morgan fingerprint density at radius 1 is 1.64 bits per heavy atom. The summed E-state index contributed by atoms with van der Waals surface area (Å²) < 4.78 is 24.6. The largest absolute Gasteiger partial charge is 0.257 e. The maximum atomic E-state index is 11.7.